The van der Waals surface area contributed by atoms with Gasteiger partial charge in [0.2, 0.25) is 5.91 Å². The predicted octanol–water partition coefficient (Wildman–Crippen LogP) is 3.35. The van der Waals surface area contributed by atoms with Crippen molar-refractivity contribution in [3.8, 4) is 0 Å². The maximum Gasteiger partial charge on any atom is 0.243 e. The number of carbonyl (C=O) groups is 1. The SMILES string of the molecule is CCC(C)NC(=NCC(=O)N(C)C)NC1CCCN(c2ccccc2Cl)C1.I. The van der Waals surface area contributed by atoms with Gasteiger partial charge in [0.25, 0.3) is 0 Å². The van der Waals surface area contributed by atoms with Crippen molar-refractivity contribution in [1.29, 1.82) is 0 Å². The molecule has 1 fully saturated rings. The number of nitrogens with zero attached hydrogens (tertiary/aromatic N) is 3. The van der Waals surface area contributed by atoms with Crippen molar-refractivity contribution in [2.45, 2.75) is 45.2 Å². The third-order valence-electron chi connectivity index (χ3n) is 4.82. The Balaban J connectivity index is 0.00000392. The highest BCUT2D eigenvalue weighted by Crippen LogP contribution is 2.27. The van der Waals surface area contributed by atoms with Gasteiger partial charge in [-0.1, -0.05) is 30.7 Å². The zero-order chi connectivity index (χ0) is 19.8. The summed E-state index contributed by atoms with van der Waals surface area (Å²) >= 11 is 6.37. The molecule has 158 valence electrons. The summed E-state index contributed by atoms with van der Waals surface area (Å²) in [5, 5.41) is 7.69. The van der Waals surface area contributed by atoms with E-state index in [-0.39, 0.29) is 48.5 Å². The Bertz CT molecular complexity index is 655. The Morgan fingerprint density at radius 2 is 2.11 bits per heavy atom. The van der Waals surface area contributed by atoms with Crippen LogP contribution in [0, 0.1) is 0 Å². The van der Waals surface area contributed by atoms with Gasteiger partial charge in [-0.05, 0) is 38.3 Å². The largest absolute Gasteiger partial charge is 0.368 e. The molecule has 1 aliphatic rings. The monoisotopic (exact) mass is 521 g/mol. The molecule has 0 radical (unpaired) electrons. The van der Waals surface area contributed by atoms with Gasteiger partial charge >= 0.3 is 0 Å². The molecule has 1 aromatic carbocycles. The summed E-state index contributed by atoms with van der Waals surface area (Å²) in [6.45, 7) is 6.22. The Labute approximate surface area is 191 Å². The first kappa shape index (κ1) is 24.8. The van der Waals surface area contributed by atoms with Gasteiger partial charge in [-0.2, -0.15) is 0 Å². The van der Waals surface area contributed by atoms with Gasteiger partial charge in [0, 0.05) is 39.3 Å². The number of halogens is 2. The number of benzene rings is 1. The Morgan fingerprint density at radius 3 is 2.75 bits per heavy atom. The van der Waals surface area contributed by atoms with E-state index in [1.807, 2.05) is 18.2 Å². The molecule has 28 heavy (non-hydrogen) atoms. The topological polar surface area (TPSA) is 60.0 Å². The molecule has 2 N–H and O–H groups in total. The molecule has 0 bridgehead atoms. The van der Waals surface area contributed by atoms with E-state index >= 15 is 0 Å². The molecule has 2 rings (SSSR count). The summed E-state index contributed by atoms with van der Waals surface area (Å²) in [7, 11) is 3.49. The quantitative estimate of drug-likeness (QED) is 0.342. The Hall–Kier alpha value is -1.22. The highest BCUT2D eigenvalue weighted by atomic mass is 127. The number of rotatable bonds is 6. The minimum atomic E-state index is -0.0124. The van der Waals surface area contributed by atoms with E-state index in [9.17, 15) is 4.79 Å². The van der Waals surface area contributed by atoms with Gasteiger partial charge in [-0.25, -0.2) is 4.99 Å². The van der Waals surface area contributed by atoms with Gasteiger partial charge in [-0.15, -0.1) is 24.0 Å². The first-order valence-corrected chi connectivity index (χ1v) is 10.1. The number of hydrogen-bond donors (Lipinski definition) is 2. The smallest absolute Gasteiger partial charge is 0.243 e. The lowest BCUT2D eigenvalue weighted by Crippen LogP contribution is -2.53. The predicted molar refractivity (Wildman–Crippen MR) is 129 cm³/mol. The van der Waals surface area contributed by atoms with E-state index in [4.69, 9.17) is 11.6 Å². The zero-order valence-corrected chi connectivity index (χ0v) is 20.3. The molecular weight excluding hydrogens is 489 g/mol. The van der Waals surface area contributed by atoms with Crippen LogP contribution in [0.3, 0.4) is 0 Å². The summed E-state index contributed by atoms with van der Waals surface area (Å²) in [5.41, 5.74) is 1.07. The van der Waals surface area contributed by atoms with Crippen molar-refractivity contribution >= 4 is 53.1 Å². The number of para-hydroxylation sites is 1. The molecule has 0 aromatic heterocycles. The molecule has 0 saturated carbocycles. The van der Waals surface area contributed by atoms with Crippen molar-refractivity contribution in [2.24, 2.45) is 4.99 Å². The van der Waals surface area contributed by atoms with Gasteiger partial charge in [0.15, 0.2) is 5.96 Å². The van der Waals surface area contributed by atoms with Crippen LogP contribution >= 0.6 is 35.6 Å². The van der Waals surface area contributed by atoms with Crippen molar-refractivity contribution < 1.29 is 4.79 Å². The number of nitrogens with one attached hydrogen (secondary N) is 2. The molecule has 6 nitrogen and oxygen atoms in total. The van der Waals surface area contributed by atoms with Crippen LogP contribution in [0.15, 0.2) is 29.3 Å². The highest BCUT2D eigenvalue weighted by Gasteiger charge is 2.22. The van der Waals surface area contributed by atoms with Gasteiger partial charge in [-0.3, -0.25) is 4.79 Å². The lowest BCUT2D eigenvalue weighted by atomic mass is 10.0. The average molecular weight is 522 g/mol. The van der Waals surface area contributed by atoms with E-state index < -0.39 is 0 Å². The average Bonchev–Trinajstić information content (AvgIpc) is 2.66. The highest BCUT2D eigenvalue weighted by molar-refractivity contribution is 14.0. The third kappa shape index (κ3) is 7.66. The summed E-state index contributed by atoms with van der Waals surface area (Å²) in [5.74, 6) is 0.687. The van der Waals surface area contributed by atoms with Crippen LogP contribution in [0.4, 0.5) is 5.69 Å². The van der Waals surface area contributed by atoms with E-state index in [2.05, 4.69) is 40.4 Å². The number of carbonyl (C=O) groups excluding carboxylic acids is 1. The molecule has 2 unspecified atom stereocenters. The molecule has 2 atom stereocenters. The second-order valence-electron chi connectivity index (χ2n) is 7.29. The molecule has 1 amide bonds. The van der Waals surface area contributed by atoms with Crippen molar-refractivity contribution in [1.82, 2.24) is 15.5 Å². The van der Waals surface area contributed by atoms with E-state index in [0.717, 1.165) is 43.1 Å². The molecule has 1 saturated heterocycles. The minimum Gasteiger partial charge on any atom is -0.368 e. The van der Waals surface area contributed by atoms with Crippen molar-refractivity contribution in [2.75, 3.05) is 38.6 Å². The zero-order valence-electron chi connectivity index (χ0n) is 17.2. The number of hydrogen-bond acceptors (Lipinski definition) is 3. The van der Waals surface area contributed by atoms with Gasteiger partial charge < -0.3 is 20.4 Å². The minimum absolute atomic E-state index is 0. The first-order chi connectivity index (χ1) is 12.9. The van der Waals surface area contributed by atoms with Crippen LogP contribution in [0.25, 0.3) is 0 Å². The maximum atomic E-state index is 11.9. The number of anilines is 1. The second kappa shape index (κ2) is 12.4. The summed E-state index contributed by atoms with van der Waals surface area (Å²) < 4.78 is 0. The molecule has 1 aliphatic heterocycles. The van der Waals surface area contributed by atoms with E-state index in [1.54, 1.807) is 19.0 Å². The number of aliphatic imine (C=N–C) groups is 1. The van der Waals surface area contributed by atoms with E-state index in [0.29, 0.717) is 5.96 Å². The number of amides is 1. The molecule has 8 heteroatoms. The molecular formula is C20H33ClIN5O. The summed E-state index contributed by atoms with van der Waals surface area (Å²) in [6, 6.07) is 8.50. The summed E-state index contributed by atoms with van der Waals surface area (Å²) in [6.07, 6.45) is 3.12. The fraction of sp³-hybridized carbons (Fsp3) is 0.600. The van der Waals surface area contributed by atoms with Gasteiger partial charge in [0.05, 0.1) is 10.7 Å². The summed E-state index contributed by atoms with van der Waals surface area (Å²) in [4.78, 5) is 20.3. The second-order valence-corrected chi connectivity index (χ2v) is 7.69. The number of piperidine rings is 1. The Kier molecular flexibility index (Phi) is 11.0. The molecule has 1 heterocycles. The van der Waals surface area contributed by atoms with Crippen molar-refractivity contribution in [3.63, 3.8) is 0 Å². The fourth-order valence-corrected chi connectivity index (χ4v) is 3.23. The maximum absolute atomic E-state index is 11.9. The van der Waals surface area contributed by atoms with Crippen LogP contribution in [0.1, 0.15) is 33.1 Å². The van der Waals surface area contributed by atoms with E-state index in [1.165, 1.54) is 0 Å². The van der Waals surface area contributed by atoms with Crippen LogP contribution < -0.4 is 15.5 Å². The molecule has 0 spiro atoms. The lowest BCUT2D eigenvalue weighted by molar-refractivity contribution is -0.127. The van der Waals surface area contributed by atoms with Crippen LogP contribution in [0.2, 0.25) is 5.02 Å². The third-order valence-corrected chi connectivity index (χ3v) is 5.14. The molecule has 1 aromatic rings. The first-order valence-electron chi connectivity index (χ1n) is 9.67. The number of likely N-dealkylation sites (N-methyl/N-ethyl adjacent to an activating group) is 1. The number of guanidine groups is 1. The normalized spacial score (nSPS) is 18.1. The lowest BCUT2D eigenvalue weighted by Gasteiger charge is -2.36. The standard InChI is InChI=1S/C20H32ClN5O.HI/c1-5-15(2)23-20(22-13-19(27)25(3)4)24-16-9-8-12-26(14-16)18-11-7-6-10-17(18)21;/h6-7,10-11,15-16H,5,8-9,12-14H2,1-4H3,(H2,22,23,24);1H. The van der Waals surface area contributed by atoms with Crippen molar-refractivity contribution in [3.05, 3.63) is 29.3 Å². The Morgan fingerprint density at radius 1 is 1.39 bits per heavy atom. The fourth-order valence-electron chi connectivity index (χ4n) is 2.97. The molecule has 0 aliphatic carbocycles. The van der Waals surface area contributed by atoms with Crippen LogP contribution in [-0.2, 0) is 4.79 Å². The van der Waals surface area contributed by atoms with Crippen LogP contribution in [-0.4, -0.2) is 62.6 Å². The van der Waals surface area contributed by atoms with Crippen LogP contribution in [0.5, 0.6) is 0 Å². The van der Waals surface area contributed by atoms with Gasteiger partial charge in [0.1, 0.15) is 6.54 Å².